The zero-order valence-corrected chi connectivity index (χ0v) is 11.8. The van der Waals surface area contributed by atoms with Crippen molar-refractivity contribution in [3.8, 4) is 0 Å². The van der Waals surface area contributed by atoms with E-state index in [4.69, 9.17) is 11.6 Å². The zero-order valence-electron chi connectivity index (χ0n) is 9.45. The summed E-state index contributed by atoms with van der Waals surface area (Å²) in [7, 11) is 1.96. The van der Waals surface area contributed by atoms with Crippen LogP contribution in [0.3, 0.4) is 0 Å². The van der Waals surface area contributed by atoms with Gasteiger partial charge in [-0.05, 0) is 46.2 Å². The molecule has 1 nitrogen and oxygen atoms in total. The zero-order chi connectivity index (χ0) is 12.3. The summed E-state index contributed by atoms with van der Waals surface area (Å²) in [5.74, 6) is 0. The van der Waals surface area contributed by atoms with E-state index in [1.54, 1.807) is 0 Å². The Labute approximate surface area is 115 Å². The smallest absolute Gasteiger partial charge is 0.0574 e. The maximum atomic E-state index is 6.01. The van der Waals surface area contributed by atoms with Gasteiger partial charge in [0.2, 0.25) is 0 Å². The quantitative estimate of drug-likeness (QED) is 0.885. The van der Waals surface area contributed by atoms with Crippen molar-refractivity contribution in [2.24, 2.45) is 0 Å². The first kappa shape index (κ1) is 12.6. The molecule has 2 aromatic rings. The Kier molecular flexibility index (Phi) is 4.21. The minimum absolute atomic E-state index is 0.185. The van der Waals surface area contributed by atoms with Crippen LogP contribution in [0.15, 0.2) is 53.0 Å². The Hall–Kier alpha value is -0.830. The van der Waals surface area contributed by atoms with E-state index in [1.807, 2.05) is 37.4 Å². The highest BCUT2D eigenvalue weighted by Crippen LogP contribution is 2.28. The van der Waals surface area contributed by atoms with Crippen LogP contribution in [0.1, 0.15) is 17.2 Å². The van der Waals surface area contributed by atoms with Crippen molar-refractivity contribution in [2.45, 2.75) is 6.04 Å². The van der Waals surface area contributed by atoms with Gasteiger partial charge in [0.15, 0.2) is 0 Å². The average Bonchev–Trinajstić information content (AvgIpc) is 2.36. The van der Waals surface area contributed by atoms with Crippen LogP contribution in [-0.2, 0) is 0 Å². The van der Waals surface area contributed by atoms with Gasteiger partial charge in [0.05, 0.1) is 11.1 Å². The Balaban J connectivity index is 2.39. The van der Waals surface area contributed by atoms with Gasteiger partial charge in [-0.1, -0.05) is 48.0 Å². The van der Waals surface area contributed by atoms with Gasteiger partial charge < -0.3 is 5.32 Å². The first-order valence-electron chi connectivity index (χ1n) is 5.39. The van der Waals surface area contributed by atoms with Crippen LogP contribution in [0.25, 0.3) is 0 Å². The summed E-state index contributed by atoms with van der Waals surface area (Å²) in [6.45, 7) is 0. The van der Waals surface area contributed by atoms with Gasteiger partial charge in [-0.15, -0.1) is 0 Å². The fourth-order valence-corrected chi connectivity index (χ4v) is 2.38. The molecule has 0 spiro atoms. The van der Waals surface area contributed by atoms with E-state index < -0.39 is 0 Å². The molecule has 0 fully saturated rings. The highest BCUT2D eigenvalue weighted by molar-refractivity contribution is 9.10. The summed E-state index contributed by atoms with van der Waals surface area (Å²) in [6.07, 6.45) is 0. The van der Waals surface area contributed by atoms with Crippen LogP contribution in [0.5, 0.6) is 0 Å². The summed E-state index contributed by atoms with van der Waals surface area (Å²) in [6, 6.07) is 16.5. The second-order valence-corrected chi connectivity index (χ2v) is 5.07. The third-order valence-electron chi connectivity index (χ3n) is 2.70. The number of benzene rings is 2. The third kappa shape index (κ3) is 2.89. The average molecular weight is 311 g/mol. The van der Waals surface area contributed by atoms with E-state index in [0.29, 0.717) is 0 Å². The fourth-order valence-electron chi connectivity index (χ4n) is 1.86. The molecule has 1 atom stereocenters. The molecule has 88 valence electrons. The number of rotatable bonds is 3. The van der Waals surface area contributed by atoms with Crippen molar-refractivity contribution >= 4 is 27.5 Å². The van der Waals surface area contributed by atoms with Gasteiger partial charge in [-0.2, -0.15) is 0 Å². The maximum Gasteiger partial charge on any atom is 0.0574 e. The maximum absolute atomic E-state index is 6.01. The molecule has 0 amide bonds. The van der Waals surface area contributed by atoms with Crippen LogP contribution in [0, 0.1) is 0 Å². The normalized spacial score (nSPS) is 12.4. The van der Waals surface area contributed by atoms with Gasteiger partial charge in [0, 0.05) is 4.47 Å². The molecule has 0 aliphatic rings. The summed E-state index contributed by atoms with van der Waals surface area (Å²) >= 11 is 9.46. The SMILES string of the molecule is CNC(c1ccccc1)c1ccc(Cl)c(Br)c1. The molecule has 1 unspecified atom stereocenters. The molecule has 0 heterocycles. The minimum Gasteiger partial charge on any atom is -0.309 e. The summed E-state index contributed by atoms with van der Waals surface area (Å²) in [5.41, 5.74) is 2.43. The van der Waals surface area contributed by atoms with Crippen LogP contribution in [0.2, 0.25) is 5.02 Å². The summed E-state index contributed by atoms with van der Waals surface area (Å²) in [4.78, 5) is 0. The second-order valence-electron chi connectivity index (χ2n) is 3.81. The Morgan fingerprint density at radius 2 is 1.76 bits per heavy atom. The van der Waals surface area contributed by atoms with Gasteiger partial charge in [-0.25, -0.2) is 0 Å². The first-order valence-corrected chi connectivity index (χ1v) is 6.56. The highest BCUT2D eigenvalue weighted by atomic mass is 79.9. The van der Waals surface area contributed by atoms with Gasteiger partial charge in [0.1, 0.15) is 0 Å². The van der Waals surface area contributed by atoms with Crippen LogP contribution >= 0.6 is 27.5 Å². The molecule has 17 heavy (non-hydrogen) atoms. The predicted molar refractivity (Wildman–Crippen MR) is 76.5 cm³/mol. The lowest BCUT2D eigenvalue weighted by atomic mass is 9.99. The van der Waals surface area contributed by atoms with Crippen LogP contribution < -0.4 is 5.32 Å². The number of hydrogen-bond donors (Lipinski definition) is 1. The molecule has 0 saturated heterocycles. The molecular weight excluding hydrogens is 298 g/mol. The number of nitrogens with one attached hydrogen (secondary N) is 1. The first-order chi connectivity index (χ1) is 8.22. The lowest BCUT2D eigenvalue weighted by Crippen LogP contribution is -2.17. The fraction of sp³-hybridized carbons (Fsp3) is 0.143. The molecule has 3 heteroatoms. The molecule has 1 N–H and O–H groups in total. The lowest BCUT2D eigenvalue weighted by molar-refractivity contribution is 0.691. The van der Waals surface area contributed by atoms with Crippen molar-refractivity contribution in [3.63, 3.8) is 0 Å². The van der Waals surface area contributed by atoms with Gasteiger partial charge in [0.25, 0.3) is 0 Å². The van der Waals surface area contributed by atoms with E-state index in [2.05, 4.69) is 39.4 Å². The lowest BCUT2D eigenvalue weighted by Gasteiger charge is -2.17. The molecule has 0 aliphatic heterocycles. The largest absolute Gasteiger partial charge is 0.309 e. The van der Waals surface area contributed by atoms with E-state index in [-0.39, 0.29) is 6.04 Å². The third-order valence-corrected chi connectivity index (χ3v) is 3.91. The summed E-state index contributed by atoms with van der Waals surface area (Å²) in [5, 5.41) is 4.05. The molecule has 2 aromatic carbocycles. The highest BCUT2D eigenvalue weighted by Gasteiger charge is 2.12. The Morgan fingerprint density at radius 1 is 1.06 bits per heavy atom. The van der Waals surface area contributed by atoms with Crippen molar-refractivity contribution in [1.82, 2.24) is 5.32 Å². The van der Waals surface area contributed by atoms with Crippen LogP contribution in [-0.4, -0.2) is 7.05 Å². The van der Waals surface area contributed by atoms with Crippen molar-refractivity contribution < 1.29 is 0 Å². The Morgan fingerprint density at radius 3 is 2.35 bits per heavy atom. The van der Waals surface area contributed by atoms with E-state index in [9.17, 15) is 0 Å². The monoisotopic (exact) mass is 309 g/mol. The number of hydrogen-bond acceptors (Lipinski definition) is 1. The molecule has 0 aliphatic carbocycles. The van der Waals surface area contributed by atoms with Crippen molar-refractivity contribution in [2.75, 3.05) is 7.05 Å². The Bertz CT molecular complexity index is 499. The molecule has 0 bridgehead atoms. The molecule has 0 saturated carbocycles. The second kappa shape index (κ2) is 5.67. The van der Waals surface area contributed by atoms with E-state index >= 15 is 0 Å². The van der Waals surface area contributed by atoms with E-state index in [0.717, 1.165) is 9.50 Å². The standard InChI is InChI=1S/C14H13BrClN/c1-17-14(10-5-3-2-4-6-10)11-7-8-13(16)12(15)9-11/h2-9,14,17H,1H3. The van der Waals surface area contributed by atoms with Crippen molar-refractivity contribution in [3.05, 3.63) is 69.2 Å². The molecule has 0 radical (unpaired) electrons. The summed E-state index contributed by atoms with van der Waals surface area (Å²) < 4.78 is 0.924. The molecular formula is C14H13BrClN. The molecule has 2 rings (SSSR count). The topological polar surface area (TPSA) is 12.0 Å². The number of halogens is 2. The molecule has 0 aromatic heterocycles. The van der Waals surface area contributed by atoms with Crippen LogP contribution in [0.4, 0.5) is 0 Å². The van der Waals surface area contributed by atoms with Crippen molar-refractivity contribution in [1.29, 1.82) is 0 Å². The van der Waals surface area contributed by atoms with E-state index in [1.165, 1.54) is 11.1 Å². The minimum atomic E-state index is 0.185. The van der Waals surface area contributed by atoms with Gasteiger partial charge >= 0.3 is 0 Å². The van der Waals surface area contributed by atoms with Gasteiger partial charge in [-0.3, -0.25) is 0 Å². The predicted octanol–water partition coefficient (Wildman–Crippen LogP) is 4.41.